The van der Waals surface area contributed by atoms with Gasteiger partial charge in [0.25, 0.3) is 0 Å². The lowest BCUT2D eigenvalue weighted by atomic mass is 9.98. The van der Waals surface area contributed by atoms with Crippen molar-refractivity contribution in [3.8, 4) is 0 Å². The first-order valence-corrected chi connectivity index (χ1v) is 22.1. The van der Waals surface area contributed by atoms with E-state index in [0.29, 0.717) is 12.8 Å². The van der Waals surface area contributed by atoms with Crippen molar-refractivity contribution in [3.05, 3.63) is 36.5 Å². The van der Waals surface area contributed by atoms with Crippen LogP contribution in [0.5, 0.6) is 0 Å². The fourth-order valence-electron chi connectivity index (χ4n) is 6.70. The summed E-state index contributed by atoms with van der Waals surface area (Å²) >= 11 is 0. The summed E-state index contributed by atoms with van der Waals surface area (Å²) in [5.41, 5.74) is 0. The number of esters is 2. The van der Waals surface area contributed by atoms with Crippen LogP contribution in [0.3, 0.4) is 0 Å². The third-order valence-electron chi connectivity index (χ3n) is 10.4. The molecule has 0 bridgehead atoms. The van der Waals surface area contributed by atoms with E-state index < -0.39 is 99.3 Å². The normalized spacial score (nSPS) is 28.2. The van der Waals surface area contributed by atoms with Gasteiger partial charge in [0.15, 0.2) is 18.7 Å². The Morgan fingerprint density at radius 2 is 1.07 bits per heavy atom. The minimum absolute atomic E-state index is 0.131. The fraction of sp³-hybridized carbons (Fsp3) is 0.818. The van der Waals surface area contributed by atoms with Gasteiger partial charge >= 0.3 is 11.9 Å². The van der Waals surface area contributed by atoms with Crippen molar-refractivity contribution >= 4 is 11.9 Å². The standard InChI is InChI=1S/C44H76O15/c1-3-5-7-9-11-13-15-16-17-19-21-23-25-27-36(47)57-32(29-54-35(46)26-24-22-20-18-14-12-10-8-6-4-2)30-55-43-42(53)40(51)38(49)34(59-43)31-56-44-41(52)39(50)37(48)33(28-45)58-44/h5,7,11,13,16-17,32-34,37-45,48-53H,3-4,6,8-10,12,14-15,18-31H2,1-2H3/b7-5-,13-11-,17-16-. The summed E-state index contributed by atoms with van der Waals surface area (Å²) in [6.45, 7) is 2.39. The lowest BCUT2D eigenvalue weighted by Gasteiger charge is -2.42. The van der Waals surface area contributed by atoms with Gasteiger partial charge in [0.2, 0.25) is 0 Å². The largest absolute Gasteiger partial charge is 0.462 e. The van der Waals surface area contributed by atoms with Gasteiger partial charge in [-0.05, 0) is 44.9 Å². The zero-order valence-electron chi connectivity index (χ0n) is 35.5. The van der Waals surface area contributed by atoms with Crippen molar-refractivity contribution in [2.24, 2.45) is 0 Å². The molecular formula is C44H76O15. The van der Waals surface area contributed by atoms with Gasteiger partial charge in [0.1, 0.15) is 55.4 Å². The number of rotatable bonds is 32. The Kier molecular flexibility index (Phi) is 29.1. The van der Waals surface area contributed by atoms with Crippen LogP contribution in [0.2, 0.25) is 0 Å². The van der Waals surface area contributed by atoms with Crippen molar-refractivity contribution in [2.75, 3.05) is 26.4 Å². The maximum absolute atomic E-state index is 12.9. The number of carbonyl (C=O) groups is 2. The summed E-state index contributed by atoms with van der Waals surface area (Å²) in [6, 6.07) is 0. The number of aliphatic hydroxyl groups excluding tert-OH is 7. The van der Waals surface area contributed by atoms with Gasteiger partial charge in [-0.15, -0.1) is 0 Å². The number of aliphatic hydroxyl groups is 7. The van der Waals surface area contributed by atoms with Crippen molar-refractivity contribution in [1.29, 1.82) is 0 Å². The summed E-state index contributed by atoms with van der Waals surface area (Å²) < 4.78 is 33.3. The Balaban J connectivity index is 1.89. The molecule has 0 spiro atoms. The van der Waals surface area contributed by atoms with Crippen molar-refractivity contribution in [3.63, 3.8) is 0 Å². The van der Waals surface area contributed by atoms with Crippen molar-refractivity contribution in [2.45, 2.75) is 203 Å². The first-order chi connectivity index (χ1) is 28.5. The SMILES string of the molecule is CC/C=C\C/C=C\C/C=C\CCCCCC(=O)OC(COC(=O)CCCCCCCCCCCC)COC1OC(COC2OC(CO)C(O)C(O)C2O)C(O)C(O)C1O. The molecule has 2 aliphatic rings. The molecule has 0 radical (unpaired) electrons. The van der Waals surface area contributed by atoms with Crippen molar-refractivity contribution in [1.82, 2.24) is 0 Å². The smallest absolute Gasteiger partial charge is 0.306 e. The molecule has 2 aliphatic heterocycles. The third kappa shape index (κ3) is 21.9. The number of ether oxygens (including phenoxy) is 6. The van der Waals surface area contributed by atoms with E-state index in [1.54, 1.807) is 0 Å². The molecule has 0 amide bonds. The average Bonchev–Trinajstić information content (AvgIpc) is 3.23. The van der Waals surface area contributed by atoms with E-state index >= 15 is 0 Å². The van der Waals surface area contributed by atoms with Crippen LogP contribution < -0.4 is 0 Å². The fourth-order valence-corrected chi connectivity index (χ4v) is 6.70. The second-order valence-electron chi connectivity index (χ2n) is 15.5. The number of unbranched alkanes of at least 4 members (excludes halogenated alkanes) is 12. The summed E-state index contributed by atoms with van der Waals surface area (Å²) in [4.78, 5) is 25.5. The molecule has 15 heteroatoms. The van der Waals surface area contributed by atoms with E-state index in [-0.39, 0.29) is 19.4 Å². The Labute approximate surface area is 351 Å². The van der Waals surface area contributed by atoms with E-state index in [0.717, 1.165) is 57.8 Å². The zero-order chi connectivity index (χ0) is 43.3. The predicted molar refractivity (Wildman–Crippen MR) is 220 cm³/mol. The molecule has 2 rings (SSSR count). The highest BCUT2D eigenvalue weighted by Crippen LogP contribution is 2.26. The topological polar surface area (TPSA) is 231 Å². The minimum Gasteiger partial charge on any atom is -0.462 e. The molecule has 11 atom stereocenters. The maximum Gasteiger partial charge on any atom is 0.306 e. The summed E-state index contributed by atoms with van der Waals surface area (Å²) in [6.07, 6.45) is 13.5. The molecule has 2 heterocycles. The molecular weight excluding hydrogens is 768 g/mol. The first-order valence-electron chi connectivity index (χ1n) is 22.1. The van der Waals surface area contributed by atoms with Gasteiger partial charge in [-0.1, -0.05) is 115 Å². The van der Waals surface area contributed by atoms with E-state index in [9.17, 15) is 45.3 Å². The number of allylic oxidation sites excluding steroid dienone is 6. The molecule has 2 saturated heterocycles. The molecule has 0 aliphatic carbocycles. The van der Waals surface area contributed by atoms with E-state index in [1.165, 1.54) is 38.5 Å². The average molecular weight is 845 g/mol. The second kappa shape index (κ2) is 32.4. The second-order valence-corrected chi connectivity index (χ2v) is 15.5. The first kappa shape index (κ1) is 52.9. The summed E-state index contributed by atoms with van der Waals surface area (Å²) in [7, 11) is 0. The van der Waals surface area contributed by atoms with Gasteiger partial charge in [-0.3, -0.25) is 9.59 Å². The molecule has 2 fully saturated rings. The van der Waals surface area contributed by atoms with Crippen LogP contribution in [0.1, 0.15) is 136 Å². The molecule has 0 aromatic carbocycles. The molecule has 59 heavy (non-hydrogen) atoms. The number of hydrogen-bond acceptors (Lipinski definition) is 15. The highest BCUT2D eigenvalue weighted by molar-refractivity contribution is 5.70. The Bertz CT molecular complexity index is 1180. The van der Waals surface area contributed by atoms with Crippen LogP contribution in [0.4, 0.5) is 0 Å². The summed E-state index contributed by atoms with van der Waals surface area (Å²) in [5.74, 6) is -0.964. The van der Waals surface area contributed by atoms with E-state index in [2.05, 4.69) is 50.3 Å². The van der Waals surface area contributed by atoms with Crippen LogP contribution in [0.15, 0.2) is 36.5 Å². The lowest BCUT2D eigenvalue weighted by molar-refractivity contribution is -0.332. The molecule has 0 aromatic rings. The van der Waals surface area contributed by atoms with E-state index in [4.69, 9.17) is 28.4 Å². The van der Waals surface area contributed by atoms with Crippen LogP contribution in [0, 0.1) is 0 Å². The molecule has 0 aromatic heterocycles. The predicted octanol–water partition coefficient (Wildman–Crippen LogP) is 4.20. The lowest BCUT2D eigenvalue weighted by Crippen LogP contribution is -2.61. The van der Waals surface area contributed by atoms with Gasteiger partial charge in [0, 0.05) is 12.8 Å². The van der Waals surface area contributed by atoms with Crippen LogP contribution in [-0.2, 0) is 38.0 Å². The van der Waals surface area contributed by atoms with Gasteiger partial charge in [-0.25, -0.2) is 0 Å². The number of hydrogen-bond donors (Lipinski definition) is 7. The quantitative estimate of drug-likeness (QED) is 0.0286. The maximum atomic E-state index is 12.9. The Morgan fingerprint density at radius 1 is 0.559 bits per heavy atom. The van der Waals surface area contributed by atoms with Crippen molar-refractivity contribution < 1.29 is 73.8 Å². The molecule has 0 saturated carbocycles. The summed E-state index contributed by atoms with van der Waals surface area (Å²) in [5, 5.41) is 71.7. The highest BCUT2D eigenvalue weighted by Gasteiger charge is 2.47. The minimum atomic E-state index is -1.77. The molecule has 15 nitrogen and oxygen atoms in total. The van der Waals surface area contributed by atoms with E-state index in [1.807, 2.05) is 0 Å². The third-order valence-corrected chi connectivity index (χ3v) is 10.4. The van der Waals surface area contributed by atoms with Gasteiger partial charge in [-0.2, -0.15) is 0 Å². The molecule has 342 valence electrons. The monoisotopic (exact) mass is 845 g/mol. The van der Waals surface area contributed by atoms with Crippen LogP contribution in [-0.4, -0.2) is 142 Å². The Hall–Kier alpha value is -2.28. The Morgan fingerprint density at radius 3 is 1.68 bits per heavy atom. The number of carbonyl (C=O) groups excluding carboxylic acids is 2. The molecule has 11 unspecified atom stereocenters. The highest BCUT2D eigenvalue weighted by atomic mass is 16.7. The van der Waals surface area contributed by atoms with Gasteiger partial charge in [0.05, 0.1) is 19.8 Å². The van der Waals surface area contributed by atoms with Gasteiger partial charge < -0.3 is 64.2 Å². The molecule has 7 N–H and O–H groups in total. The zero-order valence-corrected chi connectivity index (χ0v) is 35.5. The van der Waals surface area contributed by atoms with Crippen LogP contribution >= 0.6 is 0 Å². The van der Waals surface area contributed by atoms with Crippen LogP contribution in [0.25, 0.3) is 0 Å².